The Morgan fingerprint density at radius 2 is 1.25 bits per heavy atom. The van der Waals surface area contributed by atoms with E-state index in [-0.39, 0.29) is 5.97 Å². The summed E-state index contributed by atoms with van der Waals surface area (Å²) in [7, 11) is 0. The summed E-state index contributed by atoms with van der Waals surface area (Å²) >= 11 is 0. The smallest absolute Gasteiger partial charge is 0.330 e. The van der Waals surface area contributed by atoms with Crippen molar-refractivity contribution in [1.29, 1.82) is 0 Å². The molecule has 0 aliphatic rings. The van der Waals surface area contributed by atoms with E-state index in [2.05, 4.69) is 55.5 Å². The van der Waals surface area contributed by atoms with Crippen molar-refractivity contribution in [2.45, 2.75) is 52.4 Å². The van der Waals surface area contributed by atoms with E-state index in [0.717, 1.165) is 38.5 Å². The molecule has 0 saturated heterocycles. The molecule has 0 rings (SSSR count). The minimum atomic E-state index is -0.291. The number of allylic oxidation sites excluding steroid dienone is 11. The molecule has 0 amide bonds. The topological polar surface area (TPSA) is 26.3 Å². The molecule has 0 aromatic heterocycles. The zero-order valence-corrected chi connectivity index (χ0v) is 15.2. The zero-order chi connectivity index (χ0) is 17.7. The first kappa shape index (κ1) is 21.9. The van der Waals surface area contributed by atoms with Gasteiger partial charge in [0.2, 0.25) is 0 Å². The molecule has 0 unspecified atom stereocenters. The van der Waals surface area contributed by atoms with Crippen LogP contribution in [0.3, 0.4) is 0 Å². The summed E-state index contributed by atoms with van der Waals surface area (Å²) < 4.78 is 4.79. The highest BCUT2D eigenvalue weighted by Gasteiger charge is 1.89. The van der Waals surface area contributed by atoms with Crippen molar-refractivity contribution in [2.75, 3.05) is 6.61 Å². The fourth-order valence-corrected chi connectivity index (χ4v) is 1.79. The maximum atomic E-state index is 11.0. The van der Waals surface area contributed by atoms with Crippen LogP contribution in [0.15, 0.2) is 72.9 Å². The molecule has 0 aliphatic heterocycles. The number of rotatable bonds is 13. The second-order valence-corrected chi connectivity index (χ2v) is 5.12. The fourth-order valence-electron chi connectivity index (χ4n) is 1.79. The van der Waals surface area contributed by atoms with Crippen LogP contribution < -0.4 is 0 Å². The van der Waals surface area contributed by atoms with Crippen molar-refractivity contribution < 1.29 is 9.53 Å². The number of hydrogen-bond acceptors (Lipinski definition) is 2. The molecule has 0 bridgehead atoms. The Morgan fingerprint density at radius 3 is 1.83 bits per heavy atom. The lowest BCUT2D eigenvalue weighted by Crippen LogP contribution is -1.98. The standard InChI is InChI=1S/C22H32O2/c1-3-5-6-7-8-9-10-11-12-13-14-15-16-17-18-19-20-21-22(23)24-4-2/h5-6,8-9,11-12,14-15,18-21H,3-4,7,10,13,16-17H2,1-2H3/b6-5-,9-8-,12-11-,15-14-,19-18+,21-20?. The predicted molar refractivity (Wildman–Crippen MR) is 105 cm³/mol. The van der Waals surface area contributed by atoms with Crippen molar-refractivity contribution in [3.8, 4) is 0 Å². The second kappa shape index (κ2) is 19.0. The Bertz CT molecular complexity index is 462. The van der Waals surface area contributed by atoms with Gasteiger partial charge in [0.05, 0.1) is 6.61 Å². The first-order valence-corrected chi connectivity index (χ1v) is 8.91. The molecule has 0 aliphatic carbocycles. The Balaban J connectivity index is 3.57. The number of carbonyl (C=O) groups excluding carboxylic acids is 1. The van der Waals surface area contributed by atoms with Gasteiger partial charge in [0, 0.05) is 6.08 Å². The van der Waals surface area contributed by atoms with Gasteiger partial charge >= 0.3 is 5.97 Å². The molecule has 24 heavy (non-hydrogen) atoms. The van der Waals surface area contributed by atoms with Gasteiger partial charge in [0.25, 0.3) is 0 Å². The number of esters is 1. The molecule has 0 aromatic carbocycles. The van der Waals surface area contributed by atoms with Gasteiger partial charge in [0.15, 0.2) is 0 Å². The highest BCUT2D eigenvalue weighted by Crippen LogP contribution is 1.97. The van der Waals surface area contributed by atoms with Crippen molar-refractivity contribution in [3.05, 3.63) is 72.9 Å². The number of unbranched alkanes of at least 4 members (excludes halogenated alkanes) is 1. The molecular formula is C22H32O2. The lowest BCUT2D eigenvalue weighted by molar-refractivity contribution is -0.137. The number of ether oxygens (including phenoxy) is 1. The van der Waals surface area contributed by atoms with E-state index in [9.17, 15) is 4.79 Å². The van der Waals surface area contributed by atoms with Gasteiger partial charge in [-0.25, -0.2) is 4.79 Å². The molecular weight excluding hydrogens is 296 g/mol. The van der Waals surface area contributed by atoms with E-state index in [0.29, 0.717) is 6.61 Å². The molecule has 0 saturated carbocycles. The van der Waals surface area contributed by atoms with E-state index in [1.807, 2.05) is 12.2 Å². The molecule has 132 valence electrons. The van der Waals surface area contributed by atoms with E-state index >= 15 is 0 Å². The summed E-state index contributed by atoms with van der Waals surface area (Å²) in [5.74, 6) is -0.291. The van der Waals surface area contributed by atoms with Crippen molar-refractivity contribution >= 4 is 5.97 Å². The van der Waals surface area contributed by atoms with Crippen LogP contribution in [0.4, 0.5) is 0 Å². The number of carbonyl (C=O) groups is 1. The monoisotopic (exact) mass is 328 g/mol. The summed E-state index contributed by atoms with van der Waals surface area (Å²) in [4.78, 5) is 11.0. The Kier molecular flexibility index (Phi) is 17.3. The van der Waals surface area contributed by atoms with Crippen LogP contribution in [0.5, 0.6) is 0 Å². The van der Waals surface area contributed by atoms with Crippen molar-refractivity contribution in [2.24, 2.45) is 0 Å². The highest BCUT2D eigenvalue weighted by molar-refractivity contribution is 5.82. The number of hydrogen-bond donors (Lipinski definition) is 0. The minimum Gasteiger partial charge on any atom is -0.463 e. The van der Waals surface area contributed by atoms with Gasteiger partial charge < -0.3 is 4.74 Å². The zero-order valence-electron chi connectivity index (χ0n) is 15.2. The van der Waals surface area contributed by atoms with E-state index < -0.39 is 0 Å². The molecule has 2 nitrogen and oxygen atoms in total. The lowest BCUT2D eigenvalue weighted by Gasteiger charge is -1.92. The molecule has 0 aromatic rings. The average Bonchev–Trinajstić information content (AvgIpc) is 2.58. The van der Waals surface area contributed by atoms with Crippen LogP contribution in [0.1, 0.15) is 52.4 Å². The lowest BCUT2D eigenvalue weighted by atomic mass is 10.2. The SMILES string of the molecule is CC/C=C\C/C=C\C/C=C\C/C=C\CC/C=C/C=CC(=O)OCC. The van der Waals surface area contributed by atoms with Gasteiger partial charge in [-0.2, -0.15) is 0 Å². The van der Waals surface area contributed by atoms with Crippen molar-refractivity contribution in [1.82, 2.24) is 0 Å². The van der Waals surface area contributed by atoms with Crippen LogP contribution in [0.25, 0.3) is 0 Å². The van der Waals surface area contributed by atoms with Gasteiger partial charge in [0.1, 0.15) is 0 Å². The van der Waals surface area contributed by atoms with Crippen LogP contribution in [0.2, 0.25) is 0 Å². The quantitative estimate of drug-likeness (QED) is 0.131. The fraction of sp³-hybridized carbons (Fsp3) is 0.409. The summed E-state index contributed by atoms with van der Waals surface area (Å²) in [5, 5.41) is 0. The third-order valence-electron chi connectivity index (χ3n) is 2.98. The van der Waals surface area contributed by atoms with Crippen molar-refractivity contribution in [3.63, 3.8) is 0 Å². The Labute approximate surface area is 148 Å². The molecule has 2 heteroatoms. The largest absolute Gasteiger partial charge is 0.463 e. The average molecular weight is 328 g/mol. The molecule has 0 fully saturated rings. The van der Waals surface area contributed by atoms with Gasteiger partial charge in [-0.05, 0) is 45.4 Å². The van der Waals surface area contributed by atoms with Crippen LogP contribution in [-0.2, 0) is 9.53 Å². The predicted octanol–water partition coefficient (Wildman–Crippen LogP) is 6.25. The maximum absolute atomic E-state index is 11.0. The maximum Gasteiger partial charge on any atom is 0.330 e. The molecule has 0 spiro atoms. The molecule has 0 N–H and O–H groups in total. The third kappa shape index (κ3) is 18.0. The summed E-state index contributed by atoms with van der Waals surface area (Å²) in [6.07, 6.45) is 30.8. The van der Waals surface area contributed by atoms with Crippen LogP contribution >= 0.6 is 0 Å². The molecule has 0 radical (unpaired) electrons. The third-order valence-corrected chi connectivity index (χ3v) is 2.98. The summed E-state index contributed by atoms with van der Waals surface area (Å²) in [5.41, 5.74) is 0. The summed E-state index contributed by atoms with van der Waals surface area (Å²) in [6.45, 7) is 4.36. The second-order valence-electron chi connectivity index (χ2n) is 5.12. The normalized spacial score (nSPS) is 12.9. The minimum absolute atomic E-state index is 0.291. The Hall–Kier alpha value is -2.09. The molecule has 0 heterocycles. The van der Waals surface area contributed by atoms with E-state index in [1.165, 1.54) is 6.08 Å². The Morgan fingerprint density at radius 1 is 0.708 bits per heavy atom. The summed E-state index contributed by atoms with van der Waals surface area (Å²) in [6, 6.07) is 0. The van der Waals surface area contributed by atoms with Gasteiger partial charge in [-0.15, -0.1) is 0 Å². The highest BCUT2D eigenvalue weighted by atomic mass is 16.5. The van der Waals surface area contributed by atoms with Crippen LogP contribution in [-0.4, -0.2) is 12.6 Å². The van der Waals surface area contributed by atoms with Crippen LogP contribution in [0, 0.1) is 0 Å². The first-order valence-electron chi connectivity index (χ1n) is 8.91. The van der Waals surface area contributed by atoms with E-state index in [1.54, 1.807) is 13.0 Å². The van der Waals surface area contributed by atoms with Gasteiger partial charge in [-0.3, -0.25) is 0 Å². The van der Waals surface area contributed by atoms with Gasteiger partial charge in [-0.1, -0.05) is 73.8 Å². The van der Waals surface area contributed by atoms with E-state index in [4.69, 9.17) is 4.74 Å². The molecule has 0 atom stereocenters. The first-order chi connectivity index (χ1) is 11.8.